The van der Waals surface area contributed by atoms with Crippen molar-refractivity contribution in [3.8, 4) is 0 Å². The lowest BCUT2D eigenvalue weighted by Gasteiger charge is -2.11. The first-order valence-corrected chi connectivity index (χ1v) is 6.99. The molecule has 0 fully saturated rings. The van der Waals surface area contributed by atoms with Crippen molar-refractivity contribution in [3.05, 3.63) is 69.3 Å². The van der Waals surface area contributed by atoms with Gasteiger partial charge in [-0.15, -0.1) is 0 Å². The van der Waals surface area contributed by atoms with E-state index in [9.17, 15) is 14.9 Å². The Morgan fingerprint density at radius 1 is 1.19 bits per heavy atom. The number of ketones is 1. The first kappa shape index (κ1) is 14.9. The maximum Gasteiger partial charge on any atom is 0.269 e. The Hall–Kier alpha value is -2.49. The zero-order chi connectivity index (χ0) is 15.2. The van der Waals surface area contributed by atoms with Gasteiger partial charge < -0.3 is 0 Å². The lowest BCUT2D eigenvalue weighted by Crippen LogP contribution is -2.00. The first-order chi connectivity index (χ1) is 10.1. The van der Waals surface area contributed by atoms with Crippen LogP contribution in [0.3, 0.4) is 0 Å². The van der Waals surface area contributed by atoms with Crippen molar-refractivity contribution in [2.75, 3.05) is 0 Å². The number of carbonyl (C=O) groups is 1. The average Bonchev–Trinajstić information content (AvgIpc) is 2.48. The van der Waals surface area contributed by atoms with Crippen LogP contribution in [0.15, 0.2) is 53.6 Å². The number of non-ortho nitro benzene ring substituents is 1. The first-order valence-electron chi connectivity index (χ1n) is 6.99. The molecule has 0 saturated carbocycles. The van der Waals surface area contributed by atoms with Gasteiger partial charge in [-0.25, -0.2) is 0 Å². The molecule has 1 aliphatic rings. The summed E-state index contributed by atoms with van der Waals surface area (Å²) in [4.78, 5) is 21.7. The van der Waals surface area contributed by atoms with E-state index in [1.165, 1.54) is 12.1 Å². The van der Waals surface area contributed by atoms with Crippen LogP contribution < -0.4 is 0 Å². The normalized spacial score (nSPS) is 16.1. The molecule has 1 aromatic carbocycles. The van der Waals surface area contributed by atoms with Crippen LogP contribution in [0.4, 0.5) is 5.69 Å². The number of nitrogens with zero attached hydrogens (tertiary/aromatic N) is 1. The highest BCUT2D eigenvalue weighted by molar-refractivity contribution is 6.02. The van der Waals surface area contributed by atoms with Crippen LogP contribution in [-0.4, -0.2) is 10.7 Å². The molecule has 4 heteroatoms. The molecule has 0 amide bonds. The van der Waals surface area contributed by atoms with Crippen molar-refractivity contribution in [1.29, 1.82) is 0 Å². The van der Waals surface area contributed by atoms with Gasteiger partial charge in [0.15, 0.2) is 5.78 Å². The van der Waals surface area contributed by atoms with Gasteiger partial charge in [0.1, 0.15) is 0 Å². The van der Waals surface area contributed by atoms with Gasteiger partial charge in [0.25, 0.3) is 5.69 Å². The number of carbonyl (C=O) groups excluding carboxylic acids is 1. The van der Waals surface area contributed by atoms with Crippen LogP contribution in [0.25, 0.3) is 6.08 Å². The minimum absolute atomic E-state index is 0.0157. The van der Waals surface area contributed by atoms with Gasteiger partial charge in [-0.3, -0.25) is 14.9 Å². The zero-order valence-corrected chi connectivity index (χ0v) is 11.9. The number of benzene rings is 1. The molecule has 0 N–H and O–H groups in total. The minimum atomic E-state index is -0.414. The topological polar surface area (TPSA) is 60.2 Å². The summed E-state index contributed by atoms with van der Waals surface area (Å²) in [6.45, 7) is 2.11. The van der Waals surface area contributed by atoms with Gasteiger partial charge in [-0.05, 0) is 59.9 Å². The molecule has 4 nitrogen and oxygen atoms in total. The zero-order valence-electron chi connectivity index (χ0n) is 11.9. The van der Waals surface area contributed by atoms with Crippen molar-refractivity contribution in [2.45, 2.75) is 26.2 Å². The fourth-order valence-corrected chi connectivity index (χ4v) is 2.18. The summed E-state index contributed by atoms with van der Waals surface area (Å²) in [5.41, 5.74) is 2.99. The van der Waals surface area contributed by atoms with Crippen LogP contribution >= 0.6 is 0 Å². The molecule has 0 heterocycles. The summed E-state index contributed by atoms with van der Waals surface area (Å²) in [6.07, 6.45) is 9.96. The number of hydrogen-bond acceptors (Lipinski definition) is 3. The van der Waals surface area contributed by atoms with E-state index < -0.39 is 4.92 Å². The van der Waals surface area contributed by atoms with Crippen LogP contribution in [0, 0.1) is 10.1 Å². The fourth-order valence-electron chi connectivity index (χ4n) is 2.18. The molecular formula is C17H17NO3. The second-order valence-corrected chi connectivity index (χ2v) is 4.96. The molecule has 0 radical (unpaired) electrons. The molecule has 0 saturated heterocycles. The van der Waals surface area contributed by atoms with Gasteiger partial charge in [-0.2, -0.15) is 0 Å². The van der Waals surface area contributed by atoms with E-state index in [1.54, 1.807) is 24.3 Å². The Bertz CT molecular complexity index is 637. The Morgan fingerprint density at radius 3 is 2.52 bits per heavy atom. The summed E-state index contributed by atoms with van der Waals surface area (Å²) in [5, 5.41) is 10.6. The van der Waals surface area contributed by atoms with Crippen molar-refractivity contribution < 1.29 is 9.72 Å². The predicted molar refractivity (Wildman–Crippen MR) is 82.8 cm³/mol. The third-order valence-electron chi connectivity index (χ3n) is 3.34. The molecule has 108 valence electrons. The predicted octanol–water partition coefficient (Wildman–Crippen LogP) is 4.23. The molecule has 0 bridgehead atoms. The van der Waals surface area contributed by atoms with E-state index in [0.717, 1.165) is 36.0 Å². The smallest absolute Gasteiger partial charge is 0.269 e. The molecular weight excluding hydrogens is 266 g/mol. The van der Waals surface area contributed by atoms with Crippen LogP contribution in [-0.2, 0) is 4.79 Å². The Balaban J connectivity index is 2.25. The average molecular weight is 283 g/mol. The Morgan fingerprint density at radius 2 is 1.90 bits per heavy atom. The van der Waals surface area contributed by atoms with E-state index in [1.807, 2.05) is 12.2 Å². The second kappa shape index (κ2) is 6.79. The Labute approximate surface area is 123 Å². The minimum Gasteiger partial charge on any atom is -0.290 e. The molecule has 21 heavy (non-hydrogen) atoms. The van der Waals surface area contributed by atoms with Gasteiger partial charge in [0.05, 0.1) is 4.92 Å². The number of nitro benzene ring substituents is 1. The maximum absolute atomic E-state index is 11.5. The highest BCUT2D eigenvalue weighted by Gasteiger charge is 2.10. The number of nitro groups is 1. The lowest BCUT2D eigenvalue weighted by atomic mass is 9.93. The van der Waals surface area contributed by atoms with Gasteiger partial charge in [0.2, 0.25) is 0 Å². The van der Waals surface area contributed by atoms with Gasteiger partial charge >= 0.3 is 0 Å². The van der Waals surface area contributed by atoms with E-state index in [-0.39, 0.29) is 11.5 Å². The maximum atomic E-state index is 11.5. The Kier molecular flexibility index (Phi) is 4.82. The quantitative estimate of drug-likeness (QED) is 0.600. The second-order valence-electron chi connectivity index (χ2n) is 4.96. The van der Waals surface area contributed by atoms with E-state index in [0.29, 0.717) is 0 Å². The van der Waals surface area contributed by atoms with Crippen LogP contribution in [0.5, 0.6) is 0 Å². The SMILES string of the molecule is CCCCC1=CC(=O)C=CC1=Cc1ccc([N+](=O)[O-])cc1. The summed E-state index contributed by atoms with van der Waals surface area (Å²) >= 11 is 0. The fraction of sp³-hybridized carbons (Fsp3) is 0.235. The molecule has 0 unspecified atom stereocenters. The van der Waals surface area contributed by atoms with Crippen molar-refractivity contribution in [2.24, 2.45) is 0 Å². The van der Waals surface area contributed by atoms with Crippen LogP contribution in [0.1, 0.15) is 31.7 Å². The summed E-state index contributed by atoms with van der Waals surface area (Å²) in [7, 11) is 0. The highest BCUT2D eigenvalue weighted by atomic mass is 16.6. The summed E-state index contributed by atoms with van der Waals surface area (Å²) in [5.74, 6) is 0.0157. The highest BCUT2D eigenvalue weighted by Crippen LogP contribution is 2.25. The third kappa shape index (κ3) is 3.99. The van der Waals surface area contributed by atoms with Gasteiger partial charge in [0, 0.05) is 12.1 Å². The molecule has 1 aromatic rings. The number of hydrogen-bond donors (Lipinski definition) is 0. The van der Waals surface area contributed by atoms with Crippen molar-refractivity contribution >= 4 is 17.5 Å². The monoisotopic (exact) mass is 283 g/mol. The van der Waals surface area contributed by atoms with Gasteiger partial charge in [-0.1, -0.05) is 19.4 Å². The van der Waals surface area contributed by atoms with E-state index in [4.69, 9.17) is 0 Å². The standard InChI is InChI=1S/C17H17NO3/c1-2-3-4-14-12-17(19)10-7-15(14)11-13-5-8-16(9-6-13)18(20)21/h5-12H,2-4H2,1H3. The third-order valence-corrected chi connectivity index (χ3v) is 3.34. The number of rotatable bonds is 5. The van der Waals surface area contributed by atoms with Crippen molar-refractivity contribution in [1.82, 2.24) is 0 Å². The largest absolute Gasteiger partial charge is 0.290 e. The molecule has 0 atom stereocenters. The van der Waals surface area contributed by atoms with E-state index in [2.05, 4.69) is 6.92 Å². The van der Waals surface area contributed by atoms with Crippen LogP contribution in [0.2, 0.25) is 0 Å². The molecule has 2 rings (SSSR count). The number of allylic oxidation sites excluding steroid dienone is 5. The lowest BCUT2D eigenvalue weighted by molar-refractivity contribution is -0.384. The number of unbranched alkanes of at least 4 members (excludes halogenated alkanes) is 1. The molecule has 0 aliphatic heterocycles. The molecule has 0 aromatic heterocycles. The summed E-state index contributed by atoms with van der Waals surface area (Å²) < 4.78 is 0. The molecule has 1 aliphatic carbocycles. The van der Waals surface area contributed by atoms with Crippen molar-refractivity contribution in [3.63, 3.8) is 0 Å². The molecule has 0 spiro atoms. The van der Waals surface area contributed by atoms with E-state index >= 15 is 0 Å². The summed E-state index contributed by atoms with van der Waals surface area (Å²) in [6, 6.07) is 6.40.